The number of allylic oxidation sites excluding steroid dienone is 2. The summed E-state index contributed by atoms with van der Waals surface area (Å²) in [5.74, 6) is 0.637. The second-order valence-corrected chi connectivity index (χ2v) is 11.8. The molecule has 31 heavy (non-hydrogen) atoms. The molecule has 3 heteroatoms. The van der Waals surface area contributed by atoms with Crippen molar-refractivity contribution >= 4 is 18.9 Å². The van der Waals surface area contributed by atoms with Crippen LogP contribution in [0.2, 0.25) is 0 Å². The van der Waals surface area contributed by atoms with E-state index in [0.717, 1.165) is 32.5 Å². The zero-order chi connectivity index (χ0) is 22.4. The lowest BCUT2D eigenvalue weighted by Gasteiger charge is -2.32. The molecule has 0 spiro atoms. The van der Waals surface area contributed by atoms with Crippen LogP contribution >= 0.6 is 0 Å². The van der Waals surface area contributed by atoms with E-state index in [1.807, 2.05) is 0 Å². The molecule has 0 saturated carbocycles. The highest BCUT2D eigenvalue weighted by molar-refractivity contribution is 6.92. The van der Waals surface area contributed by atoms with Gasteiger partial charge in [-0.1, -0.05) is 105 Å². The Balaban J connectivity index is 2.16. The predicted molar refractivity (Wildman–Crippen MR) is 136 cm³/mol. The first kappa shape index (κ1) is 25.6. The highest BCUT2D eigenvalue weighted by Gasteiger charge is 2.42. The third-order valence-electron chi connectivity index (χ3n) is 5.74. The third kappa shape index (κ3) is 8.76. The second-order valence-electron chi connectivity index (χ2n) is 8.86. The summed E-state index contributed by atoms with van der Waals surface area (Å²) in [5.41, 5.74) is 1.40. The van der Waals surface area contributed by atoms with Gasteiger partial charge >= 0.3 is 8.56 Å². The fourth-order valence-corrected chi connectivity index (χ4v) is 6.99. The molecule has 1 unspecified atom stereocenters. The molecule has 1 atom stereocenters. The van der Waals surface area contributed by atoms with Crippen molar-refractivity contribution in [2.75, 3.05) is 13.2 Å². The van der Waals surface area contributed by atoms with Crippen molar-refractivity contribution in [2.45, 2.75) is 72.6 Å². The average molecular weight is 439 g/mol. The summed E-state index contributed by atoms with van der Waals surface area (Å²) in [7, 11) is -2.74. The van der Waals surface area contributed by atoms with Crippen LogP contribution in [0.4, 0.5) is 0 Å². The minimum Gasteiger partial charge on any atom is -0.388 e. The van der Waals surface area contributed by atoms with Crippen LogP contribution < -0.4 is 10.4 Å². The Bertz CT molecular complexity index is 699. The molecular formula is C28H42O2Si. The van der Waals surface area contributed by atoms with E-state index in [1.54, 1.807) is 0 Å². The molecule has 0 bridgehead atoms. The number of benzene rings is 2. The van der Waals surface area contributed by atoms with Gasteiger partial charge in [0.1, 0.15) is 0 Å². The van der Waals surface area contributed by atoms with Crippen molar-refractivity contribution < 1.29 is 8.85 Å². The average Bonchev–Trinajstić information content (AvgIpc) is 2.78. The zero-order valence-corrected chi connectivity index (χ0v) is 21.1. The topological polar surface area (TPSA) is 18.5 Å². The quantitative estimate of drug-likeness (QED) is 0.176. The molecule has 0 aliphatic heterocycles. The molecule has 0 amide bonds. The normalized spacial score (nSPS) is 12.5. The van der Waals surface area contributed by atoms with Gasteiger partial charge in [-0.15, -0.1) is 0 Å². The molecule has 2 nitrogen and oxygen atoms in total. The van der Waals surface area contributed by atoms with E-state index in [-0.39, 0.29) is 0 Å². The monoisotopic (exact) mass is 438 g/mol. The number of hydrogen-bond acceptors (Lipinski definition) is 2. The molecular weight excluding hydrogens is 396 g/mol. The van der Waals surface area contributed by atoms with Crippen molar-refractivity contribution in [3.8, 4) is 0 Å². The van der Waals surface area contributed by atoms with Crippen molar-refractivity contribution in [2.24, 2.45) is 5.92 Å². The Hall–Kier alpha value is -1.68. The first-order valence-corrected chi connectivity index (χ1v) is 13.9. The van der Waals surface area contributed by atoms with E-state index in [4.69, 9.17) is 8.85 Å². The van der Waals surface area contributed by atoms with Gasteiger partial charge in [-0.25, -0.2) is 0 Å². The fourth-order valence-electron chi connectivity index (χ4n) is 3.81. The molecule has 0 aliphatic carbocycles. The number of rotatable bonds is 15. The Kier molecular flexibility index (Phi) is 11.9. The molecule has 0 saturated heterocycles. The van der Waals surface area contributed by atoms with Crippen LogP contribution in [0.3, 0.4) is 0 Å². The van der Waals surface area contributed by atoms with E-state index >= 15 is 0 Å². The van der Waals surface area contributed by atoms with Crippen LogP contribution in [-0.2, 0) is 8.85 Å². The minimum absolute atomic E-state index is 0.637. The Morgan fingerprint density at radius 1 is 0.806 bits per heavy atom. The van der Waals surface area contributed by atoms with Gasteiger partial charge in [0.15, 0.2) is 0 Å². The maximum atomic E-state index is 6.81. The van der Waals surface area contributed by atoms with E-state index in [1.165, 1.54) is 41.6 Å². The van der Waals surface area contributed by atoms with Crippen LogP contribution in [0.15, 0.2) is 72.3 Å². The summed E-state index contributed by atoms with van der Waals surface area (Å²) in [6, 6.07) is 21.3. The van der Waals surface area contributed by atoms with Gasteiger partial charge in [-0.2, -0.15) is 0 Å². The summed E-state index contributed by atoms with van der Waals surface area (Å²) in [6.07, 6.45) is 10.6. The van der Waals surface area contributed by atoms with Gasteiger partial charge < -0.3 is 8.85 Å². The SMILES string of the molecule is CCCCCCO[Si](OCCC(C)CCC=C(C)C)(c1ccccc1)c1ccccc1. The lowest BCUT2D eigenvalue weighted by atomic mass is 10.0. The largest absolute Gasteiger partial charge is 0.407 e. The molecule has 170 valence electrons. The highest BCUT2D eigenvalue weighted by atomic mass is 28.4. The van der Waals surface area contributed by atoms with Gasteiger partial charge in [0.2, 0.25) is 0 Å². The van der Waals surface area contributed by atoms with Gasteiger partial charge in [-0.3, -0.25) is 0 Å². The van der Waals surface area contributed by atoms with E-state index in [2.05, 4.69) is 94.4 Å². The fraction of sp³-hybridized carbons (Fsp3) is 0.500. The highest BCUT2D eigenvalue weighted by Crippen LogP contribution is 2.16. The van der Waals surface area contributed by atoms with Gasteiger partial charge in [0.25, 0.3) is 0 Å². The molecule has 0 aromatic heterocycles. The molecule has 0 aliphatic rings. The molecule has 0 radical (unpaired) electrons. The standard InChI is InChI=1S/C28H42O2Si/c1-5-6-7-14-23-29-31(27-18-10-8-11-19-27,28-20-12-9-13-21-28)30-24-22-26(4)17-15-16-25(2)3/h8-13,16,18-21,26H,5-7,14-15,17,22-24H2,1-4H3. The maximum absolute atomic E-state index is 6.81. The summed E-state index contributed by atoms with van der Waals surface area (Å²) >= 11 is 0. The second kappa shape index (κ2) is 14.4. The van der Waals surface area contributed by atoms with Crippen LogP contribution in [0.5, 0.6) is 0 Å². The Morgan fingerprint density at radius 2 is 1.39 bits per heavy atom. The van der Waals surface area contributed by atoms with Crippen molar-refractivity contribution in [3.05, 3.63) is 72.3 Å². The van der Waals surface area contributed by atoms with Gasteiger partial charge in [-0.05, 0) is 55.8 Å². The smallest absolute Gasteiger partial charge is 0.388 e. The summed E-state index contributed by atoms with van der Waals surface area (Å²) in [5, 5.41) is 2.41. The maximum Gasteiger partial charge on any atom is 0.407 e. The van der Waals surface area contributed by atoms with E-state index < -0.39 is 8.56 Å². The summed E-state index contributed by atoms with van der Waals surface area (Å²) in [6.45, 7) is 10.4. The molecule has 0 heterocycles. The molecule has 2 aromatic rings. The van der Waals surface area contributed by atoms with Crippen molar-refractivity contribution in [3.63, 3.8) is 0 Å². The number of hydrogen-bond donors (Lipinski definition) is 0. The zero-order valence-electron chi connectivity index (χ0n) is 20.1. The van der Waals surface area contributed by atoms with E-state index in [9.17, 15) is 0 Å². The molecule has 2 rings (SSSR count). The van der Waals surface area contributed by atoms with Crippen LogP contribution in [-0.4, -0.2) is 21.8 Å². The third-order valence-corrected chi connectivity index (χ3v) is 9.15. The number of unbranched alkanes of at least 4 members (excludes halogenated alkanes) is 3. The molecule has 2 aromatic carbocycles. The van der Waals surface area contributed by atoms with Crippen molar-refractivity contribution in [1.29, 1.82) is 0 Å². The van der Waals surface area contributed by atoms with Gasteiger partial charge in [0.05, 0.1) is 0 Å². The van der Waals surface area contributed by atoms with Gasteiger partial charge in [0, 0.05) is 13.2 Å². The first-order chi connectivity index (χ1) is 15.1. The molecule has 0 N–H and O–H groups in total. The summed E-state index contributed by atoms with van der Waals surface area (Å²) < 4.78 is 13.6. The van der Waals surface area contributed by atoms with Crippen LogP contribution in [0, 0.1) is 5.92 Å². The lowest BCUT2D eigenvalue weighted by molar-refractivity contribution is 0.177. The van der Waals surface area contributed by atoms with Crippen LogP contribution in [0.25, 0.3) is 0 Å². The molecule has 0 fully saturated rings. The van der Waals surface area contributed by atoms with Crippen LogP contribution in [0.1, 0.15) is 72.6 Å². The van der Waals surface area contributed by atoms with Crippen molar-refractivity contribution in [1.82, 2.24) is 0 Å². The first-order valence-electron chi connectivity index (χ1n) is 12.1. The minimum atomic E-state index is -2.74. The Morgan fingerprint density at radius 3 is 1.94 bits per heavy atom. The Labute approximate surface area is 191 Å². The van der Waals surface area contributed by atoms with E-state index in [0.29, 0.717) is 5.92 Å². The lowest BCUT2D eigenvalue weighted by Crippen LogP contribution is -2.63. The predicted octanol–water partition coefficient (Wildman–Crippen LogP) is 6.63. The summed E-state index contributed by atoms with van der Waals surface area (Å²) in [4.78, 5) is 0.